The molecule has 0 aliphatic carbocycles. The van der Waals surface area contributed by atoms with Crippen molar-refractivity contribution in [3.8, 4) is 11.6 Å². The van der Waals surface area contributed by atoms with E-state index in [4.69, 9.17) is 19.7 Å². The zero-order valence-electron chi connectivity index (χ0n) is 19.7. The number of carbonyl (C=O) groups is 2. The number of pyridine rings is 1. The van der Waals surface area contributed by atoms with E-state index >= 15 is 0 Å². The van der Waals surface area contributed by atoms with E-state index in [1.807, 2.05) is 0 Å². The molecule has 4 heterocycles. The summed E-state index contributed by atoms with van der Waals surface area (Å²) in [6.07, 6.45) is 0.923. The first-order valence-corrected chi connectivity index (χ1v) is 11.1. The predicted molar refractivity (Wildman–Crippen MR) is 128 cm³/mol. The highest BCUT2D eigenvalue weighted by atomic mass is 19.1. The molecular weight excluding hydrogens is 489 g/mol. The Labute approximate surface area is 208 Å². The van der Waals surface area contributed by atoms with Crippen LogP contribution in [0.15, 0.2) is 47.2 Å². The van der Waals surface area contributed by atoms with Gasteiger partial charge in [0, 0.05) is 30.1 Å². The van der Waals surface area contributed by atoms with Crippen LogP contribution in [-0.4, -0.2) is 68.8 Å². The molecule has 0 spiro atoms. The van der Waals surface area contributed by atoms with Crippen LogP contribution in [0.1, 0.15) is 6.92 Å². The number of hydrogen-bond acceptors (Lipinski definition) is 10. The molecule has 14 heteroatoms. The Hall–Kier alpha value is -4.56. The summed E-state index contributed by atoms with van der Waals surface area (Å²) in [5.74, 6) is -1.65. The van der Waals surface area contributed by atoms with Gasteiger partial charge in [0.25, 0.3) is 11.8 Å². The molecule has 192 valence electrons. The molecule has 5 rings (SSSR count). The number of aliphatic hydroxyl groups is 1. The van der Waals surface area contributed by atoms with Crippen LogP contribution in [0.4, 0.5) is 21.7 Å². The van der Waals surface area contributed by atoms with E-state index in [1.54, 1.807) is 12.1 Å². The van der Waals surface area contributed by atoms with Crippen LogP contribution in [0.2, 0.25) is 0 Å². The number of fused-ring (bicyclic) bond motifs is 1. The first kappa shape index (κ1) is 24.1. The van der Waals surface area contributed by atoms with Crippen molar-refractivity contribution in [3.63, 3.8) is 0 Å². The third-order valence-electron chi connectivity index (χ3n) is 5.94. The Morgan fingerprint density at radius 1 is 1.35 bits per heavy atom. The number of nitrogens with two attached hydrogens (primary N) is 1. The summed E-state index contributed by atoms with van der Waals surface area (Å²) in [6, 6.07) is 7.50. The molecule has 4 N–H and O–H groups in total. The van der Waals surface area contributed by atoms with Gasteiger partial charge >= 0.3 is 0 Å². The first-order valence-electron chi connectivity index (χ1n) is 11.1. The molecule has 1 aliphatic heterocycles. The van der Waals surface area contributed by atoms with E-state index in [0.29, 0.717) is 16.7 Å². The number of carbonyl (C=O) groups excluding carboxylic acids is 2. The molecule has 1 unspecified atom stereocenters. The Kier molecular flexibility index (Phi) is 5.97. The van der Waals surface area contributed by atoms with Gasteiger partial charge in [-0.3, -0.25) is 14.5 Å². The number of nitrogens with one attached hydrogen (secondary N) is 1. The van der Waals surface area contributed by atoms with Crippen LogP contribution in [-0.2, 0) is 14.3 Å². The van der Waals surface area contributed by atoms with E-state index < -0.39 is 29.3 Å². The number of rotatable bonds is 6. The molecule has 1 saturated heterocycles. The lowest BCUT2D eigenvalue weighted by molar-refractivity contribution is -0.165. The maximum Gasteiger partial charge on any atom is 0.260 e. The van der Waals surface area contributed by atoms with Gasteiger partial charge in [-0.25, -0.2) is 14.1 Å². The minimum atomic E-state index is -2.25. The molecule has 37 heavy (non-hydrogen) atoms. The summed E-state index contributed by atoms with van der Waals surface area (Å²) in [6.45, 7) is 1.31. The van der Waals surface area contributed by atoms with E-state index in [-0.39, 0.29) is 36.4 Å². The standard InChI is InChI=1S/C23H22FN7O6/c1-23(34,22(33)27-12-3-4-13-16(9-12)37-29-20(13)25)19-21(32)30(7-8-36-19)17-5-6-31(28-17)15-10-18(35-2)26-11-14(15)24/h3-6,9-11,19,34H,7-8H2,1-2H3,(H2,25,29)(H,27,33)/t19-,23?/m0/s1. The van der Waals surface area contributed by atoms with Crippen molar-refractivity contribution in [2.75, 3.05) is 36.2 Å². The predicted octanol–water partition coefficient (Wildman–Crippen LogP) is 1.26. The largest absolute Gasteiger partial charge is 0.481 e. The Bertz CT molecular complexity index is 1500. The van der Waals surface area contributed by atoms with Crippen molar-refractivity contribution in [2.45, 2.75) is 18.6 Å². The number of benzene rings is 1. The van der Waals surface area contributed by atoms with E-state index in [1.165, 1.54) is 48.0 Å². The molecule has 1 aliphatic rings. The number of ether oxygens (including phenoxy) is 2. The fourth-order valence-corrected chi connectivity index (χ4v) is 3.92. The van der Waals surface area contributed by atoms with Crippen LogP contribution in [0.3, 0.4) is 0 Å². The molecule has 13 nitrogen and oxygen atoms in total. The summed E-state index contributed by atoms with van der Waals surface area (Å²) in [4.78, 5) is 31.3. The number of nitrogen functional groups attached to an aromatic ring is 1. The number of aromatic nitrogens is 4. The summed E-state index contributed by atoms with van der Waals surface area (Å²) >= 11 is 0. The average molecular weight is 511 g/mol. The third-order valence-corrected chi connectivity index (χ3v) is 5.94. The van der Waals surface area contributed by atoms with E-state index in [0.717, 1.165) is 6.20 Å². The maximum absolute atomic E-state index is 14.3. The third kappa shape index (κ3) is 4.32. The number of halogens is 1. The molecule has 0 radical (unpaired) electrons. The second-order valence-electron chi connectivity index (χ2n) is 8.42. The lowest BCUT2D eigenvalue weighted by Gasteiger charge is -2.37. The molecule has 0 saturated carbocycles. The van der Waals surface area contributed by atoms with Crippen LogP contribution in [0.5, 0.6) is 5.88 Å². The lowest BCUT2D eigenvalue weighted by Crippen LogP contribution is -2.61. The minimum Gasteiger partial charge on any atom is -0.481 e. The summed E-state index contributed by atoms with van der Waals surface area (Å²) in [5.41, 5.74) is 4.14. The Balaban J connectivity index is 1.35. The fraction of sp³-hybridized carbons (Fsp3) is 0.261. The van der Waals surface area contributed by atoms with Crippen molar-refractivity contribution in [2.24, 2.45) is 0 Å². The van der Waals surface area contributed by atoms with Crippen LogP contribution in [0, 0.1) is 5.82 Å². The highest BCUT2D eigenvalue weighted by Crippen LogP contribution is 2.28. The van der Waals surface area contributed by atoms with Gasteiger partial charge in [-0.2, -0.15) is 0 Å². The summed E-state index contributed by atoms with van der Waals surface area (Å²) < 4.78 is 31.2. The van der Waals surface area contributed by atoms with Crippen molar-refractivity contribution in [1.29, 1.82) is 0 Å². The average Bonchev–Trinajstić information content (AvgIpc) is 3.51. The monoisotopic (exact) mass is 511 g/mol. The van der Waals surface area contributed by atoms with Gasteiger partial charge in [-0.05, 0) is 19.1 Å². The summed E-state index contributed by atoms with van der Waals surface area (Å²) in [7, 11) is 1.40. The molecule has 3 aromatic heterocycles. The summed E-state index contributed by atoms with van der Waals surface area (Å²) in [5, 5.41) is 22.1. The Morgan fingerprint density at radius 2 is 2.16 bits per heavy atom. The zero-order valence-corrected chi connectivity index (χ0v) is 19.7. The zero-order chi connectivity index (χ0) is 26.3. The lowest BCUT2D eigenvalue weighted by atomic mass is 9.95. The van der Waals surface area contributed by atoms with Gasteiger partial charge in [0.2, 0.25) is 5.88 Å². The van der Waals surface area contributed by atoms with Crippen molar-refractivity contribution in [1.82, 2.24) is 19.9 Å². The highest BCUT2D eigenvalue weighted by molar-refractivity contribution is 6.06. The maximum atomic E-state index is 14.3. The highest BCUT2D eigenvalue weighted by Gasteiger charge is 2.49. The number of morpholine rings is 1. The molecule has 4 aromatic rings. The van der Waals surface area contributed by atoms with Gasteiger partial charge in [-0.1, -0.05) is 5.16 Å². The molecule has 1 fully saturated rings. The molecule has 0 bridgehead atoms. The number of hydrogen-bond donors (Lipinski definition) is 3. The van der Waals surface area contributed by atoms with E-state index in [9.17, 15) is 19.1 Å². The number of nitrogens with zero attached hydrogens (tertiary/aromatic N) is 5. The number of anilines is 3. The van der Waals surface area contributed by atoms with Crippen molar-refractivity contribution >= 4 is 40.1 Å². The van der Waals surface area contributed by atoms with Gasteiger partial charge < -0.3 is 30.2 Å². The first-order chi connectivity index (χ1) is 17.7. The molecule has 1 aromatic carbocycles. The number of methoxy groups -OCH3 is 1. The molecular formula is C23H22FN7O6. The van der Waals surface area contributed by atoms with Gasteiger partial charge in [0.15, 0.2) is 34.7 Å². The second-order valence-corrected chi connectivity index (χ2v) is 8.42. The second kappa shape index (κ2) is 9.15. The van der Waals surface area contributed by atoms with Crippen LogP contribution in [0.25, 0.3) is 16.7 Å². The normalized spacial score (nSPS) is 17.6. The topological polar surface area (TPSA) is 171 Å². The van der Waals surface area contributed by atoms with Gasteiger partial charge in [0.1, 0.15) is 5.69 Å². The molecule has 2 amide bonds. The van der Waals surface area contributed by atoms with Crippen LogP contribution >= 0.6 is 0 Å². The van der Waals surface area contributed by atoms with Gasteiger partial charge in [0.05, 0.1) is 31.8 Å². The van der Waals surface area contributed by atoms with Crippen molar-refractivity contribution in [3.05, 3.63) is 48.5 Å². The molecule has 2 atom stereocenters. The smallest absolute Gasteiger partial charge is 0.260 e. The number of amides is 2. The minimum absolute atomic E-state index is 0.0213. The fourth-order valence-electron chi connectivity index (χ4n) is 3.92. The quantitative estimate of drug-likeness (QED) is 0.342. The van der Waals surface area contributed by atoms with Crippen LogP contribution < -0.4 is 20.7 Å². The Morgan fingerprint density at radius 3 is 2.95 bits per heavy atom. The van der Waals surface area contributed by atoms with E-state index in [2.05, 4.69) is 20.6 Å². The SMILES string of the molecule is COc1cc(-n2ccc(N3CCO[C@H](C(C)(O)C(=O)Nc4ccc5c(N)noc5c4)C3=O)n2)c(F)cn1. The van der Waals surface area contributed by atoms with Crippen molar-refractivity contribution < 1.29 is 33.1 Å². The van der Waals surface area contributed by atoms with Gasteiger partial charge in [-0.15, -0.1) is 5.10 Å².